The van der Waals surface area contributed by atoms with Crippen molar-refractivity contribution in [1.29, 1.82) is 0 Å². The monoisotopic (exact) mass is 434 g/mol. The van der Waals surface area contributed by atoms with Crippen LogP contribution in [0.25, 0.3) is 5.69 Å². The van der Waals surface area contributed by atoms with Crippen molar-refractivity contribution in [2.24, 2.45) is 0 Å². The lowest BCUT2D eigenvalue weighted by Crippen LogP contribution is -2.35. The number of methoxy groups -OCH3 is 1. The van der Waals surface area contributed by atoms with Crippen LogP contribution in [0.3, 0.4) is 0 Å². The predicted molar refractivity (Wildman–Crippen MR) is 103 cm³/mol. The highest BCUT2D eigenvalue weighted by atomic mass is 19.4. The fourth-order valence-corrected chi connectivity index (χ4v) is 3.84. The molecule has 2 aromatic heterocycles. The van der Waals surface area contributed by atoms with E-state index in [2.05, 4.69) is 20.4 Å². The van der Waals surface area contributed by atoms with Crippen LogP contribution in [0.2, 0.25) is 0 Å². The number of likely N-dealkylation sites (tertiary alicyclic amines) is 1. The summed E-state index contributed by atoms with van der Waals surface area (Å²) < 4.78 is 46.6. The normalized spacial score (nSPS) is 15.9. The van der Waals surface area contributed by atoms with Crippen LogP contribution >= 0.6 is 0 Å². The van der Waals surface area contributed by atoms with E-state index in [0.29, 0.717) is 23.8 Å². The van der Waals surface area contributed by atoms with E-state index in [4.69, 9.17) is 4.74 Å². The number of piperidine rings is 1. The summed E-state index contributed by atoms with van der Waals surface area (Å²) >= 11 is 0. The van der Waals surface area contributed by atoms with Crippen molar-refractivity contribution in [3.63, 3.8) is 0 Å². The minimum atomic E-state index is -4.39. The molecule has 0 spiro atoms. The molecule has 3 aromatic rings. The first-order chi connectivity index (χ1) is 14.9. The van der Waals surface area contributed by atoms with Gasteiger partial charge in [-0.3, -0.25) is 4.90 Å². The van der Waals surface area contributed by atoms with Crippen LogP contribution in [0.15, 0.2) is 42.6 Å². The largest absolute Gasteiger partial charge is 0.464 e. The first-order valence-electron chi connectivity index (χ1n) is 9.79. The van der Waals surface area contributed by atoms with Gasteiger partial charge in [0, 0.05) is 25.3 Å². The van der Waals surface area contributed by atoms with Crippen LogP contribution in [-0.2, 0) is 17.5 Å². The number of tetrazole rings is 1. The SMILES string of the molecule is COC(=O)c1cccn1C1CCN(Cc2nnnn2-c2ccc(C(F)(F)F)cc2)CC1. The van der Waals surface area contributed by atoms with Gasteiger partial charge in [-0.05, 0) is 59.7 Å². The lowest BCUT2D eigenvalue weighted by atomic mass is 10.0. The smallest absolute Gasteiger partial charge is 0.416 e. The molecule has 0 amide bonds. The summed E-state index contributed by atoms with van der Waals surface area (Å²) in [5.41, 5.74) is 0.287. The Morgan fingerprint density at radius 1 is 1.16 bits per heavy atom. The molecule has 8 nitrogen and oxygen atoms in total. The number of nitrogens with zero attached hydrogens (tertiary/aromatic N) is 6. The Kier molecular flexibility index (Phi) is 5.77. The number of rotatable bonds is 5. The van der Waals surface area contributed by atoms with Gasteiger partial charge in [-0.2, -0.15) is 17.9 Å². The van der Waals surface area contributed by atoms with Crippen LogP contribution in [0.4, 0.5) is 13.2 Å². The first kappa shape index (κ1) is 21.0. The number of esters is 1. The van der Waals surface area contributed by atoms with Crippen molar-refractivity contribution in [3.05, 3.63) is 59.7 Å². The molecular weight excluding hydrogens is 413 g/mol. The summed E-state index contributed by atoms with van der Waals surface area (Å²) in [4.78, 5) is 14.1. The average Bonchev–Trinajstić information content (AvgIpc) is 3.43. The van der Waals surface area contributed by atoms with Gasteiger partial charge in [0.1, 0.15) is 5.69 Å². The minimum Gasteiger partial charge on any atom is -0.464 e. The summed E-state index contributed by atoms with van der Waals surface area (Å²) in [6, 6.07) is 8.51. The number of hydrogen-bond acceptors (Lipinski definition) is 6. The van der Waals surface area contributed by atoms with Gasteiger partial charge in [0.05, 0.1) is 24.9 Å². The number of carbonyl (C=O) groups is 1. The van der Waals surface area contributed by atoms with Crippen molar-refractivity contribution >= 4 is 5.97 Å². The zero-order valence-electron chi connectivity index (χ0n) is 16.8. The third-order valence-electron chi connectivity index (χ3n) is 5.46. The number of alkyl halides is 3. The third-order valence-corrected chi connectivity index (χ3v) is 5.46. The molecule has 1 fully saturated rings. The van der Waals surface area contributed by atoms with Gasteiger partial charge in [-0.25, -0.2) is 4.79 Å². The van der Waals surface area contributed by atoms with E-state index in [1.54, 1.807) is 6.07 Å². The van der Waals surface area contributed by atoms with E-state index in [1.807, 2.05) is 16.8 Å². The van der Waals surface area contributed by atoms with E-state index in [1.165, 1.54) is 23.9 Å². The van der Waals surface area contributed by atoms with Crippen LogP contribution in [-0.4, -0.2) is 55.8 Å². The Balaban J connectivity index is 1.41. The summed E-state index contributed by atoms with van der Waals surface area (Å²) in [6.07, 6.45) is -0.835. The minimum absolute atomic E-state index is 0.186. The van der Waals surface area contributed by atoms with Gasteiger partial charge in [0.25, 0.3) is 0 Å². The Morgan fingerprint density at radius 2 is 1.87 bits per heavy atom. The molecule has 0 bridgehead atoms. The molecule has 0 N–H and O–H groups in total. The van der Waals surface area contributed by atoms with E-state index < -0.39 is 11.7 Å². The highest BCUT2D eigenvalue weighted by Crippen LogP contribution is 2.30. The zero-order valence-corrected chi connectivity index (χ0v) is 16.8. The second-order valence-corrected chi connectivity index (χ2v) is 7.35. The van der Waals surface area contributed by atoms with E-state index in [-0.39, 0.29) is 12.0 Å². The molecule has 0 saturated carbocycles. The average molecular weight is 434 g/mol. The number of carbonyl (C=O) groups excluding carboxylic acids is 1. The highest BCUT2D eigenvalue weighted by molar-refractivity contribution is 5.87. The second kappa shape index (κ2) is 8.50. The summed E-state index contributed by atoms with van der Waals surface area (Å²) in [5.74, 6) is 0.192. The molecule has 0 radical (unpaired) electrons. The molecule has 0 unspecified atom stereocenters. The van der Waals surface area contributed by atoms with Gasteiger partial charge in [-0.1, -0.05) is 0 Å². The van der Waals surface area contributed by atoms with Crippen LogP contribution in [0, 0.1) is 0 Å². The molecule has 0 aliphatic carbocycles. The maximum Gasteiger partial charge on any atom is 0.416 e. The van der Waals surface area contributed by atoms with Gasteiger partial charge in [0.15, 0.2) is 5.82 Å². The second-order valence-electron chi connectivity index (χ2n) is 7.35. The molecule has 0 atom stereocenters. The van der Waals surface area contributed by atoms with Gasteiger partial charge < -0.3 is 9.30 Å². The maximum atomic E-state index is 12.8. The van der Waals surface area contributed by atoms with E-state index >= 15 is 0 Å². The van der Waals surface area contributed by atoms with E-state index in [0.717, 1.165) is 38.1 Å². The van der Waals surface area contributed by atoms with Crippen molar-refractivity contribution in [2.75, 3.05) is 20.2 Å². The molecule has 11 heteroatoms. The molecule has 4 rings (SSSR count). The summed E-state index contributed by atoms with van der Waals surface area (Å²) in [6.45, 7) is 2.00. The quantitative estimate of drug-likeness (QED) is 0.575. The van der Waals surface area contributed by atoms with Crippen molar-refractivity contribution in [3.8, 4) is 5.69 Å². The van der Waals surface area contributed by atoms with Crippen molar-refractivity contribution < 1.29 is 22.7 Å². The lowest BCUT2D eigenvalue weighted by Gasteiger charge is -2.32. The van der Waals surface area contributed by atoms with Crippen molar-refractivity contribution in [2.45, 2.75) is 31.6 Å². The number of benzene rings is 1. The fourth-order valence-electron chi connectivity index (χ4n) is 3.84. The number of ether oxygens (including phenoxy) is 1. The molecule has 164 valence electrons. The summed E-state index contributed by atoms with van der Waals surface area (Å²) in [7, 11) is 1.36. The molecule has 31 heavy (non-hydrogen) atoms. The van der Waals surface area contributed by atoms with Gasteiger partial charge in [-0.15, -0.1) is 5.10 Å². The Hall–Kier alpha value is -3.21. The van der Waals surface area contributed by atoms with Crippen LogP contribution in [0.1, 0.15) is 40.8 Å². The Labute approximate surface area is 176 Å². The number of hydrogen-bond donors (Lipinski definition) is 0. The fraction of sp³-hybridized carbons (Fsp3) is 0.400. The topological polar surface area (TPSA) is 78.1 Å². The lowest BCUT2D eigenvalue weighted by molar-refractivity contribution is -0.137. The Bertz CT molecular complexity index is 1040. The maximum absolute atomic E-state index is 12.8. The molecule has 1 aliphatic heterocycles. The molecule has 1 aromatic carbocycles. The van der Waals surface area contributed by atoms with Crippen molar-refractivity contribution in [1.82, 2.24) is 29.7 Å². The van der Waals surface area contributed by atoms with E-state index in [9.17, 15) is 18.0 Å². The first-order valence-corrected chi connectivity index (χ1v) is 9.79. The standard InChI is InChI=1S/C20H21F3N6O2/c1-31-19(30)17-3-2-10-28(17)15-8-11-27(12-9-15)13-18-24-25-26-29(18)16-6-4-14(5-7-16)20(21,22)23/h2-7,10,15H,8-9,11-13H2,1H3. The molecule has 1 saturated heterocycles. The van der Waals surface area contributed by atoms with Gasteiger partial charge in [0.2, 0.25) is 0 Å². The predicted octanol–water partition coefficient (Wildman–Crippen LogP) is 3.11. The number of aromatic nitrogens is 5. The molecule has 3 heterocycles. The zero-order chi connectivity index (χ0) is 22.0. The van der Waals surface area contributed by atoms with Crippen LogP contribution < -0.4 is 0 Å². The Morgan fingerprint density at radius 3 is 2.52 bits per heavy atom. The highest BCUT2D eigenvalue weighted by Gasteiger charge is 2.30. The number of halogens is 3. The van der Waals surface area contributed by atoms with Crippen LogP contribution in [0.5, 0.6) is 0 Å². The third kappa shape index (κ3) is 4.46. The molecular formula is C20H21F3N6O2. The summed E-state index contributed by atoms with van der Waals surface area (Å²) in [5, 5.41) is 11.7. The van der Waals surface area contributed by atoms with Gasteiger partial charge >= 0.3 is 12.1 Å². The molecule has 1 aliphatic rings.